The Hall–Kier alpha value is -6.33. The molecule has 10 nitrogen and oxygen atoms in total. The molecule has 0 bridgehead atoms. The maximum atomic E-state index is 15.3. The van der Waals surface area contributed by atoms with Crippen LogP contribution in [-0.4, -0.2) is 74.3 Å². The van der Waals surface area contributed by atoms with E-state index in [1.54, 1.807) is 26.5 Å². The van der Waals surface area contributed by atoms with Gasteiger partial charge in [-0.1, -0.05) is 88.7 Å². The Morgan fingerprint density at radius 1 is 0.698 bits per heavy atom. The average molecular weight is 914 g/mol. The molecule has 0 fully saturated rings. The number of rotatable bonds is 19. The van der Waals surface area contributed by atoms with E-state index in [9.17, 15) is 4.79 Å². The third-order valence-electron chi connectivity index (χ3n) is 11.7. The maximum absolute atomic E-state index is 15.3. The normalized spacial score (nSPS) is 15.6. The summed E-state index contributed by atoms with van der Waals surface area (Å²) in [6.07, 6.45) is 4.81. The summed E-state index contributed by atoms with van der Waals surface area (Å²) in [5.41, 5.74) is 1.71. The lowest BCUT2D eigenvalue weighted by Gasteiger charge is -2.49. The number of carbonyl (C=O) groups is 2. The molecule has 11 heteroatoms. The molecular formula is C52H53BrN2O8. The van der Waals surface area contributed by atoms with Crippen molar-refractivity contribution in [3.63, 3.8) is 0 Å². The van der Waals surface area contributed by atoms with Crippen LogP contribution in [0.5, 0.6) is 23.0 Å². The second-order valence-corrected chi connectivity index (χ2v) is 16.1. The standard InChI is InChI=1S/C52H53BrN2O8/c1-35-48(50(56)60-5)52(42-21-24-45(58-3)46(33-42)59-4,47(25-26-53)63-44-23-20-39-16-7-9-18-41(39)32-44)49(51(57)62-29-11-14-37-13-10-27-54-34-37)36(2)55(35)28-12-30-61-43-22-19-38-15-6-8-17-40(38)31-43/h6-10,13,15-24,27,31-34,47H,11-12,14,25-26,28-30H2,1-5H3. The molecule has 6 aromatic rings. The monoisotopic (exact) mass is 912 g/mol. The number of alkyl halides is 1. The summed E-state index contributed by atoms with van der Waals surface area (Å²) in [5.74, 6) is 1.02. The van der Waals surface area contributed by atoms with Gasteiger partial charge < -0.3 is 33.3 Å². The van der Waals surface area contributed by atoms with E-state index in [0.29, 0.717) is 78.4 Å². The molecule has 1 aliphatic rings. The third-order valence-corrected chi connectivity index (χ3v) is 12.1. The summed E-state index contributed by atoms with van der Waals surface area (Å²) in [7, 11) is 4.47. The highest BCUT2D eigenvalue weighted by Crippen LogP contribution is 2.53. The van der Waals surface area contributed by atoms with Crippen LogP contribution in [0.1, 0.15) is 44.2 Å². The molecule has 7 rings (SSSR count). The summed E-state index contributed by atoms with van der Waals surface area (Å²) < 4.78 is 37.0. The zero-order valence-corrected chi connectivity index (χ0v) is 38.0. The molecule has 0 N–H and O–H groups in total. The first-order valence-corrected chi connectivity index (χ1v) is 22.3. The van der Waals surface area contributed by atoms with Gasteiger partial charge in [0.2, 0.25) is 0 Å². The van der Waals surface area contributed by atoms with Gasteiger partial charge in [0.1, 0.15) is 17.6 Å². The van der Waals surface area contributed by atoms with Gasteiger partial charge in [-0.15, -0.1) is 0 Å². The lowest BCUT2D eigenvalue weighted by molar-refractivity contribution is -0.141. The molecular weight excluding hydrogens is 860 g/mol. The number of methoxy groups -OCH3 is 3. The second-order valence-electron chi connectivity index (χ2n) is 15.3. The van der Waals surface area contributed by atoms with Gasteiger partial charge in [0.15, 0.2) is 11.5 Å². The number of fused-ring (bicyclic) bond motifs is 2. The Labute approximate surface area is 377 Å². The lowest BCUT2D eigenvalue weighted by Crippen LogP contribution is -2.55. The van der Waals surface area contributed by atoms with Crippen LogP contribution in [-0.2, 0) is 30.9 Å². The Balaban J connectivity index is 1.37. The minimum absolute atomic E-state index is 0.122. The highest BCUT2D eigenvalue weighted by atomic mass is 79.9. The molecule has 0 amide bonds. The van der Waals surface area contributed by atoms with Crippen LogP contribution < -0.4 is 18.9 Å². The number of benzene rings is 5. The van der Waals surface area contributed by atoms with Gasteiger partial charge in [-0.05, 0) is 115 Å². The quantitative estimate of drug-likeness (QED) is 0.0443. The molecule has 63 heavy (non-hydrogen) atoms. The van der Waals surface area contributed by atoms with Crippen LogP contribution in [0.3, 0.4) is 0 Å². The van der Waals surface area contributed by atoms with E-state index in [1.807, 2.05) is 122 Å². The first-order chi connectivity index (χ1) is 30.7. The number of hydrogen-bond acceptors (Lipinski definition) is 10. The molecule has 1 aromatic heterocycles. The van der Waals surface area contributed by atoms with Crippen molar-refractivity contribution in [1.82, 2.24) is 9.88 Å². The van der Waals surface area contributed by atoms with Crippen molar-refractivity contribution >= 4 is 49.4 Å². The number of aromatic nitrogens is 1. The molecule has 2 unspecified atom stereocenters. The lowest BCUT2D eigenvalue weighted by atomic mass is 9.61. The highest BCUT2D eigenvalue weighted by molar-refractivity contribution is 9.09. The Bertz CT molecular complexity index is 2630. The van der Waals surface area contributed by atoms with Crippen molar-refractivity contribution in [2.24, 2.45) is 0 Å². The van der Waals surface area contributed by atoms with Gasteiger partial charge in [-0.3, -0.25) is 4.98 Å². The van der Waals surface area contributed by atoms with Crippen LogP contribution in [0.15, 0.2) is 150 Å². The van der Waals surface area contributed by atoms with E-state index in [0.717, 1.165) is 32.9 Å². The molecule has 0 saturated carbocycles. The third kappa shape index (κ3) is 9.54. The fourth-order valence-corrected chi connectivity index (χ4v) is 9.16. The van der Waals surface area contributed by atoms with Crippen molar-refractivity contribution in [2.75, 3.05) is 46.4 Å². The molecule has 2 atom stereocenters. The predicted molar refractivity (Wildman–Crippen MR) is 250 cm³/mol. The van der Waals surface area contributed by atoms with Crippen LogP contribution in [0.4, 0.5) is 0 Å². The van der Waals surface area contributed by atoms with Crippen LogP contribution in [0.25, 0.3) is 21.5 Å². The van der Waals surface area contributed by atoms with E-state index in [-0.39, 0.29) is 17.8 Å². The van der Waals surface area contributed by atoms with E-state index < -0.39 is 23.5 Å². The molecule has 0 aliphatic carbocycles. The largest absolute Gasteiger partial charge is 0.494 e. The predicted octanol–water partition coefficient (Wildman–Crippen LogP) is 10.6. The van der Waals surface area contributed by atoms with Gasteiger partial charge in [0.05, 0.1) is 51.1 Å². The zero-order chi connectivity index (χ0) is 44.3. The number of allylic oxidation sites excluding steroid dienone is 2. The minimum atomic E-state index is -1.60. The smallest absolute Gasteiger partial charge is 0.337 e. The van der Waals surface area contributed by atoms with E-state index >= 15 is 4.79 Å². The summed E-state index contributed by atoms with van der Waals surface area (Å²) >= 11 is 3.72. The van der Waals surface area contributed by atoms with Gasteiger partial charge in [0, 0.05) is 35.7 Å². The number of pyridine rings is 1. The van der Waals surface area contributed by atoms with Crippen LogP contribution in [0.2, 0.25) is 0 Å². The molecule has 326 valence electrons. The van der Waals surface area contributed by atoms with Crippen molar-refractivity contribution in [3.8, 4) is 23.0 Å². The number of nitrogens with zero attached hydrogens (tertiary/aromatic N) is 2. The zero-order valence-electron chi connectivity index (χ0n) is 36.4. The van der Waals surface area contributed by atoms with E-state index in [2.05, 4.69) is 33.0 Å². The van der Waals surface area contributed by atoms with Crippen molar-refractivity contribution in [2.45, 2.75) is 51.0 Å². The minimum Gasteiger partial charge on any atom is -0.494 e. The fraction of sp³-hybridized carbons (Fsp3) is 0.288. The Morgan fingerprint density at radius 2 is 1.35 bits per heavy atom. The number of carbonyl (C=O) groups excluding carboxylic acids is 2. The summed E-state index contributed by atoms with van der Waals surface area (Å²) in [5, 5.41) is 4.72. The molecule has 0 spiro atoms. The fourth-order valence-electron chi connectivity index (χ4n) is 8.75. The average Bonchev–Trinajstić information content (AvgIpc) is 3.31. The first-order valence-electron chi connectivity index (χ1n) is 21.1. The van der Waals surface area contributed by atoms with Crippen molar-refractivity contribution in [1.29, 1.82) is 0 Å². The Kier molecular flexibility index (Phi) is 14.7. The second kappa shape index (κ2) is 20.7. The number of esters is 2. The van der Waals surface area contributed by atoms with Crippen molar-refractivity contribution in [3.05, 3.63) is 161 Å². The number of ether oxygens (including phenoxy) is 6. The van der Waals surface area contributed by atoms with Gasteiger partial charge in [-0.25, -0.2) is 9.59 Å². The molecule has 1 aliphatic heterocycles. The van der Waals surface area contributed by atoms with Crippen molar-refractivity contribution < 1.29 is 38.0 Å². The summed E-state index contributed by atoms with van der Waals surface area (Å²) in [6, 6.07) is 37.5. The Morgan fingerprint density at radius 3 is 1.98 bits per heavy atom. The summed E-state index contributed by atoms with van der Waals surface area (Å²) in [6.45, 7) is 4.73. The van der Waals surface area contributed by atoms with Crippen LogP contribution >= 0.6 is 15.9 Å². The molecule has 5 aromatic carbocycles. The van der Waals surface area contributed by atoms with Gasteiger partial charge in [0.25, 0.3) is 0 Å². The SMILES string of the molecule is COC(=O)C1=C(C)N(CCCOc2ccc3ccccc3c2)C(C)=C(C(=O)OCCCc2cccnc2)C1(c1ccc(OC)c(OC)c1)C(CCBr)Oc1ccc2ccccc2c1. The van der Waals surface area contributed by atoms with Gasteiger partial charge >= 0.3 is 11.9 Å². The molecule has 0 radical (unpaired) electrons. The highest BCUT2D eigenvalue weighted by Gasteiger charge is 2.58. The first kappa shape index (κ1) is 44.7. The maximum Gasteiger partial charge on any atom is 0.337 e. The van der Waals surface area contributed by atoms with E-state index in [4.69, 9.17) is 28.4 Å². The molecule has 0 saturated heterocycles. The molecule has 2 heterocycles. The number of hydrogen-bond donors (Lipinski definition) is 0. The summed E-state index contributed by atoms with van der Waals surface area (Å²) in [4.78, 5) is 36.4. The van der Waals surface area contributed by atoms with E-state index in [1.165, 1.54) is 7.11 Å². The number of halogens is 1. The topological polar surface area (TPSA) is 106 Å². The number of aryl methyl sites for hydroxylation is 1. The van der Waals surface area contributed by atoms with Crippen LogP contribution in [0, 0.1) is 0 Å². The van der Waals surface area contributed by atoms with Gasteiger partial charge in [-0.2, -0.15) is 0 Å².